The van der Waals surface area contributed by atoms with Crippen molar-refractivity contribution >= 4 is 11.6 Å². The van der Waals surface area contributed by atoms with Gasteiger partial charge in [0.15, 0.2) is 5.78 Å². The molecule has 1 aromatic carbocycles. The summed E-state index contributed by atoms with van der Waals surface area (Å²) in [7, 11) is 0. The zero-order valence-electron chi connectivity index (χ0n) is 13.5. The summed E-state index contributed by atoms with van der Waals surface area (Å²) in [4.78, 5) is 26.6. The minimum atomic E-state index is -0.644. The van der Waals surface area contributed by atoms with Gasteiger partial charge in [0.1, 0.15) is 5.78 Å². The van der Waals surface area contributed by atoms with Gasteiger partial charge < -0.3 is 0 Å². The Hall–Kier alpha value is -1.96. The monoisotopic (exact) mass is 304 g/mol. The first-order valence-electron chi connectivity index (χ1n) is 8.48. The Morgan fingerprint density at radius 1 is 1.04 bits per heavy atom. The van der Waals surface area contributed by atoms with E-state index < -0.39 is 10.8 Å². The molecule has 0 heterocycles. The molecule has 5 saturated carbocycles. The smallest absolute Gasteiger partial charge is 0.150 e. The van der Waals surface area contributed by atoms with Crippen LogP contribution < -0.4 is 0 Å². The van der Waals surface area contributed by atoms with Gasteiger partial charge in [-0.2, -0.15) is 0 Å². The molecule has 0 radical (unpaired) electrons. The lowest BCUT2D eigenvalue weighted by molar-refractivity contribution is -0.218. The van der Waals surface area contributed by atoms with E-state index in [9.17, 15) is 9.59 Å². The van der Waals surface area contributed by atoms with Crippen molar-refractivity contribution in [3.05, 3.63) is 60.2 Å². The van der Waals surface area contributed by atoms with Crippen LogP contribution in [0.5, 0.6) is 0 Å². The lowest BCUT2D eigenvalue weighted by Gasteiger charge is -2.76. The van der Waals surface area contributed by atoms with Gasteiger partial charge in [0.25, 0.3) is 0 Å². The molecular weight excluding hydrogens is 284 g/mol. The molecule has 0 saturated heterocycles. The molecule has 2 heteroatoms. The quantitative estimate of drug-likeness (QED) is 0.796. The summed E-state index contributed by atoms with van der Waals surface area (Å²) in [6, 6.07) is 10.4. The molecule has 0 amide bonds. The highest BCUT2D eigenvalue weighted by molar-refractivity contribution is 6.10. The van der Waals surface area contributed by atoms with Gasteiger partial charge in [-0.1, -0.05) is 61.6 Å². The number of hydrogen-bond acceptors (Lipinski definition) is 2. The number of rotatable bonds is 1. The highest BCUT2D eigenvalue weighted by Gasteiger charge is 2.83. The van der Waals surface area contributed by atoms with Crippen molar-refractivity contribution in [2.45, 2.75) is 25.7 Å². The second-order valence-corrected chi connectivity index (χ2v) is 8.06. The summed E-state index contributed by atoms with van der Waals surface area (Å²) in [5, 5.41) is 0. The predicted molar refractivity (Wildman–Crippen MR) is 87.7 cm³/mol. The van der Waals surface area contributed by atoms with Crippen LogP contribution in [0, 0.1) is 28.6 Å². The van der Waals surface area contributed by atoms with E-state index in [2.05, 4.69) is 25.1 Å². The van der Waals surface area contributed by atoms with Crippen molar-refractivity contribution in [2.75, 3.05) is 0 Å². The molecule has 0 aromatic heterocycles. The highest BCUT2D eigenvalue weighted by atomic mass is 16.1. The average Bonchev–Trinajstić information content (AvgIpc) is 2.73. The third-order valence-corrected chi connectivity index (χ3v) is 7.50. The number of Topliss-reactive ketones (excluding diaryl/α,β-unsaturated/α-hetero) is 2. The van der Waals surface area contributed by atoms with Crippen LogP contribution in [0.2, 0.25) is 0 Å². The standard InChI is InChI=1S/C21H20O2/c1-19-11-7-6-10-14-16(19)17(22)15-12-21(14,20(15,2)18(19)23)13-8-4-3-5-9-13/h3-11,14-16H,12H2,1-2H3/t14?,15?,16?,19-,20?,21?/m0/s1. The molecule has 116 valence electrons. The number of ketones is 2. The largest absolute Gasteiger partial charge is 0.299 e. The number of hydrogen-bond donors (Lipinski definition) is 0. The summed E-state index contributed by atoms with van der Waals surface area (Å²) in [5.74, 6) is 0.403. The van der Waals surface area contributed by atoms with Crippen LogP contribution in [0.25, 0.3) is 0 Å². The van der Waals surface area contributed by atoms with Crippen molar-refractivity contribution in [3.8, 4) is 0 Å². The molecule has 1 aromatic rings. The van der Waals surface area contributed by atoms with Crippen LogP contribution in [0.1, 0.15) is 25.8 Å². The molecule has 2 nitrogen and oxygen atoms in total. The summed E-state index contributed by atoms with van der Waals surface area (Å²) >= 11 is 0. The lowest BCUT2D eigenvalue weighted by Crippen LogP contribution is -2.82. The van der Waals surface area contributed by atoms with Crippen LogP contribution in [0.15, 0.2) is 54.6 Å². The fraction of sp³-hybridized carbons (Fsp3) is 0.429. The first-order chi connectivity index (χ1) is 11.0. The van der Waals surface area contributed by atoms with E-state index in [-0.39, 0.29) is 29.0 Å². The van der Waals surface area contributed by atoms with Crippen LogP contribution in [0.4, 0.5) is 0 Å². The molecular formula is C21H20O2. The number of carbonyl (C=O) groups is 2. The third-order valence-electron chi connectivity index (χ3n) is 7.50. The molecule has 6 atom stereocenters. The molecule has 7 rings (SSSR count). The van der Waals surface area contributed by atoms with Gasteiger partial charge in [-0.25, -0.2) is 0 Å². The Morgan fingerprint density at radius 3 is 2.52 bits per heavy atom. The summed E-state index contributed by atoms with van der Waals surface area (Å²) in [6.07, 6.45) is 8.99. The molecule has 6 aliphatic rings. The molecule has 0 aliphatic heterocycles. The molecule has 6 aliphatic carbocycles. The second kappa shape index (κ2) is 3.75. The summed E-state index contributed by atoms with van der Waals surface area (Å²) < 4.78 is 0. The third kappa shape index (κ3) is 1.13. The van der Waals surface area contributed by atoms with Crippen LogP contribution in [-0.4, -0.2) is 11.6 Å². The SMILES string of the molecule is CC12C(=O)[C@@]3(C)C=CC=CC4C3C(=O)C1CC42c1ccccc1. The Kier molecular flexibility index (Phi) is 2.19. The number of carbonyl (C=O) groups excluding carboxylic acids is 2. The zero-order valence-corrected chi connectivity index (χ0v) is 13.5. The predicted octanol–water partition coefficient (Wildman–Crippen LogP) is 3.48. The Labute approximate surface area is 136 Å². The summed E-state index contributed by atoms with van der Waals surface area (Å²) in [6.45, 7) is 4.03. The lowest BCUT2D eigenvalue weighted by atomic mass is 9.24. The second-order valence-electron chi connectivity index (χ2n) is 8.06. The van der Waals surface area contributed by atoms with Crippen molar-refractivity contribution in [2.24, 2.45) is 28.6 Å². The van der Waals surface area contributed by atoms with Gasteiger partial charge in [0, 0.05) is 22.7 Å². The van der Waals surface area contributed by atoms with Gasteiger partial charge in [0.05, 0.1) is 5.41 Å². The van der Waals surface area contributed by atoms with E-state index >= 15 is 0 Å². The van der Waals surface area contributed by atoms with Crippen molar-refractivity contribution in [3.63, 3.8) is 0 Å². The fourth-order valence-electron chi connectivity index (χ4n) is 6.43. The van der Waals surface area contributed by atoms with E-state index in [1.54, 1.807) is 0 Å². The maximum absolute atomic E-state index is 13.5. The highest BCUT2D eigenvalue weighted by Crippen LogP contribution is 2.78. The van der Waals surface area contributed by atoms with Crippen LogP contribution in [0.3, 0.4) is 0 Å². The normalized spacial score (nSPS) is 49.0. The molecule has 0 N–H and O–H groups in total. The van der Waals surface area contributed by atoms with Gasteiger partial charge in [-0.05, 0) is 24.8 Å². The Balaban J connectivity index is 1.84. The molecule has 5 unspecified atom stereocenters. The van der Waals surface area contributed by atoms with E-state index in [1.807, 2.05) is 43.4 Å². The zero-order chi connectivity index (χ0) is 16.0. The van der Waals surface area contributed by atoms with Gasteiger partial charge in [-0.15, -0.1) is 0 Å². The first kappa shape index (κ1) is 13.5. The van der Waals surface area contributed by atoms with Gasteiger partial charge in [0.2, 0.25) is 0 Å². The number of allylic oxidation sites excluding steroid dienone is 4. The Morgan fingerprint density at radius 2 is 1.78 bits per heavy atom. The minimum Gasteiger partial charge on any atom is -0.299 e. The topological polar surface area (TPSA) is 34.1 Å². The van der Waals surface area contributed by atoms with Crippen molar-refractivity contribution in [1.29, 1.82) is 0 Å². The van der Waals surface area contributed by atoms with Crippen molar-refractivity contribution < 1.29 is 9.59 Å². The maximum atomic E-state index is 13.5. The average molecular weight is 304 g/mol. The van der Waals surface area contributed by atoms with Crippen LogP contribution in [-0.2, 0) is 15.0 Å². The minimum absolute atomic E-state index is 0.0931. The van der Waals surface area contributed by atoms with Gasteiger partial charge in [-0.3, -0.25) is 9.59 Å². The molecule has 23 heavy (non-hydrogen) atoms. The van der Waals surface area contributed by atoms with E-state index in [1.165, 1.54) is 5.56 Å². The van der Waals surface area contributed by atoms with Crippen LogP contribution >= 0.6 is 0 Å². The van der Waals surface area contributed by atoms with E-state index in [0.717, 1.165) is 6.42 Å². The molecule has 6 bridgehead atoms. The van der Waals surface area contributed by atoms with E-state index in [4.69, 9.17) is 0 Å². The Bertz CT molecular complexity index is 804. The van der Waals surface area contributed by atoms with Gasteiger partial charge >= 0.3 is 0 Å². The first-order valence-corrected chi connectivity index (χ1v) is 8.48. The molecule has 5 fully saturated rings. The maximum Gasteiger partial charge on any atom is 0.150 e. The number of benzene rings is 1. The molecule has 0 spiro atoms. The van der Waals surface area contributed by atoms with E-state index in [0.29, 0.717) is 5.78 Å². The fourth-order valence-corrected chi connectivity index (χ4v) is 6.43. The van der Waals surface area contributed by atoms with Crippen molar-refractivity contribution in [1.82, 2.24) is 0 Å². The summed E-state index contributed by atoms with van der Waals surface area (Å²) in [5.41, 5.74) is -0.201.